The van der Waals surface area contributed by atoms with Crippen molar-refractivity contribution in [3.63, 3.8) is 0 Å². The van der Waals surface area contributed by atoms with Crippen LogP contribution in [0.4, 0.5) is 0 Å². The Bertz CT molecular complexity index is 622. The average Bonchev–Trinajstić information content (AvgIpc) is 2.85. The van der Waals surface area contributed by atoms with Crippen molar-refractivity contribution in [3.8, 4) is 6.07 Å². The molecule has 0 saturated carbocycles. The number of nitriles is 1. The Labute approximate surface area is 112 Å². The number of hydrogen-bond donors (Lipinski definition) is 1. The number of aromatic amines is 1. The first-order chi connectivity index (χ1) is 9.13. The summed E-state index contributed by atoms with van der Waals surface area (Å²) in [6, 6.07) is 9.73. The van der Waals surface area contributed by atoms with E-state index >= 15 is 0 Å². The second-order valence-electron chi connectivity index (χ2n) is 4.78. The van der Waals surface area contributed by atoms with Gasteiger partial charge in [-0.2, -0.15) is 5.26 Å². The van der Waals surface area contributed by atoms with E-state index in [1.54, 1.807) is 4.90 Å². The lowest BCUT2D eigenvalue weighted by Crippen LogP contribution is -2.37. The summed E-state index contributed by atoms with van der Waals surface area (Å²) < 4.78 is 0. The normalized spacial score (nSPS) is 10.6. The van der Waals surface area contributed by atoms with E-state index in [0.717, 1.165) is 10.9 Å². The van der Waals surface area contributed by atoms with Gasteiger partial charge < -0.3 is 9.88 Å². The van der Waals surface area contributed by atoms with Crippen LogP contribution < -0.4 is 0 Å². The van der Waals surface area contributed by atoms with Gasteiger partial charge in [0.25, 0.3) is 5.91 Å². The molecule has 4 nitrogen and oxygen atoms in total. The van der Waals surface area contributed by atoms with Crippen molar-refractivity contribution >= 4 is 16.8 Å². The topological polar surface area (TPSA) is 59.9 Å². The molecule has 0 unspecified atom stereocenters. The molecule has 1 N–H and O–H groups in total. The number of benzene rings is 1. The number of hydrogen-bond acceptors (Lipinski definition) is 2. The van der Waals surface area contributed by atoms with E-state index in [1.807, 2.05) is 44.3 Å². The highest BCUT2D eigenvalue weighted by molar-refractivity contribution is 5.98. The second-order valence-corrected chi connectivity index (χ2v) is 4.78. The van der Waals surface area contributed by atoms with Crippen molar-refractivity contribution in [1.82, 2.24) is 9.88 Å². The van der Waals surface area contributed by atoms with Crippen LogP contribution in [-0.2, 0) is 0 Å². The van der Waals surface area contributed by atoms with Crippen LogP contribution in [-0.4, -0.2) is 28.4 Å². The fourth-order valence-corrected chi connectivity index (χ4v) is 2.12. The average molecular weight is 255 g/mol. The van der Waals surface area contributed by atoms with E-state index < -0.39 is 0 Å². The third-order valence-corrected chi connectivity index (χ3v) is 3.15. The van der Waals surface area contributed by atoms with Gasteiger partial charge in [0.15, 0.2) is 0 Å². The fraction of sp³-hybridized carbons (Fsp3) is 0.333. The third kappa shape index (κ3) is 2.76. The van der Waals surface area contributed by atoms with E-state index in [2.05, 4.69) is 11.1 Å². The highest BCUT2D eigenvalue weighted by Crippen LogP contribution is 2.16. The van der Waals surface area contributed by atoms with Crippen molar-refractivity contribution in [1.29, 1.82) is 5.26 Å². The lowest BCUT2D eigenvalue weighted by atomic mass is 10.1. The van der Waals surface area contributed by atoms with Crippen LogP contribution in [0.5, 0.6) is 0 Å². The lowest BCUT2D eigenvalue weighted by Gasteiger charge is -2.25. The van der Waals surface area contributed by atoms with Crippen molar-refractivity contribution < 1.29 is 4.79 Å². The van der Waals surface area contributed by atoms with Gasteiger partial charge in [-0.1, -0.05) is 0 Å². The minimum absolute atomic E-state index is 0.0200. The van der Waals surface area contributed by atoms with Crippen molar-refractivity contribution in [2.75, 3.05) is 6.54 Å². The van der Waals surface area contributed by atoms with Crippen LogP contribution in [0.1, 0.15) is 30.6 Å². The van der Waals surface area contributed by atoms with Crippen LogP contribution in [0.2, 0.25) is 0 Å². The number of rotatable bonds is 4. The molecule has 1 amide bonds. The van der Waals surface area contributed by atoms with E-state index in [4.69, 9.17) is 5.26 Å². The number of fused-ring (bicyclic) bond motifs is 1. The van der Waals surface area contributed by atoms with Gasteiger partial charge in [0, 0.05) is 35.2 Å². The second kappa shape index (κ2) is 5.57. The van der Waals surface area contributed by atoms with Crippen LogP contribution >= 0.6 is 0 Å². The van der Waals surface area contributed by atoms with Gasteiger partial charge in [-0.05, 0) is 38.1 Å². The minimum atomic E-state index is -0.0200. The van der Waals surface area contributed by atoms with Crippen molar-refractivity contribution in [2.45, 2.75) is 26.3 Å². The first kappa shape index (κ1) is 13.2. The molecular formula is C15H17N3O. The van der Waals surface area contributed by atoms with E-state index in [9.17, 15) is 4.79 Å². The molecule has 19 heavy (non-hydrogen) atoms. The van der Waals surface area contributed by atoms with Crippen LogP contribution in [0.25, 0.3) is 10.9 Å². The summed E-state index contributed by atoms with van der Waals surface area (Å²) in [5.74, 6) is -0.0200. The molecule has 1 heterocycles. The third-order valence-electron chi connectivity index (χ3n) is 3.15. The van der Waals surface area contributed by atoms with E-state index in [0.29, 0.717) is 18.5 Å². The van der Waals surface area contributed by atoms with Crippen molar-refractivity contribution in [2.24, 2.45) is 0 Å². The zero-order valence-electron chi connectivity index (χ0n) is 11.2. The summed E-state index contributed by atoms with van der Waals surface area (Å²) in [6.07, 6.45) is 2.21. The molecule has 0 atom stereocenters. The predicted molar refractivity (Wildman–Crippen MR) is 74.7 cm³/mol. The summed E-state index contributed by atoms with van der Waals surface area (Å²) in [7, 11) is 0. The number of aromatic nitrogens is 1. The maximum absolute atomic E-state index is 12.5. The molecule has 0 aliphatic rings. The molecule has 2 aromatic rings. The molecule has 1 aromatic heterocycles. The Morgan fingerprint density at radius 1 is 1.42 bits per heavy atom. The van der Waals surface area contributed by atoms with Gasteiger partial charge in [0.05, 0.1) is 12.5 Å². The highest BCUT2D eigenvalue weighted by atomic mass is 16.2. The van der Waals surface area contributed by atoms with Gasteiger partial charge in [-0.15, -0.1) is 0 Å². The number of amides is 1. The van der Waals surface area contributed by atoms with Gasteiger partial charge in [0.1, 0.15) is 0 Å². The summed E-state index contributed by atoms with van der Waals surface area (Å²) >= 11 is 0. The first-order valence-corrected chi connectivity index (χ1v) is 6.38. The van der Waals surface area contributed by atoms with Crippen LogP contribution in [0.3, 0.4) is 0 Å². The SMILES string of the molecule is CC(C)N(CCC#N)C(=O)c1ccc2[nH]ccc2c1. The molecule has 1 aromatic carbocycles. The number of nitrogens with zero attached hydrogens (tertiary/aromatic N) is 2. The number of carbonyl (C=O) groups is 1. The number of nitrogens with one attached hydrogen (secondary N) is 1. The largest absolute Gasteiger partial charge is 0.361 e. The summed E-state index contributed by atoms with van der Waals surface area (Å²) in [5, 5.41) is 9.69. The lowest BCUT2D eigenvalue weighted by molar-refractivity contribution is 0.0710. The Kier molecular flexibility index (Phi) is 3.86. The fourth-order valence-electron chi connectivity index (χ4n) is 2.12. The molecule has 0 spiro atoms. The van der Waals surface area contributed by atoms with E-state index in [1.165, 1.54) is 0 Å². The van der Waals surface area contributed by atoms with Crippen LogP contribution in [0.15, 0.2) is 30.5 Å². The molecule has 98 valence electrons. The molecule has 0 radical (unpaired) electrons. The Balaban J connectivity index is 2.27. The highest BCUT2D eigenvalue weighted by Gasteiger charge is 2.18. The molecule has 4 heteroatoms. The van der Waals surface area contributed by atoms with E-state index in [-0.39, 0.29) is 11.9 Å². The summed E-state index contributed by atoms with van der Waals surface area (Å²) in [6.45, 7) is 4.40. The van der Waals surface area contributed by atoms with Gasteiger partial charge in [-0.3, -0.25) is 4.79 Å². The smallest absolute Gasteiger partial charge is 0.254 e. The maximum Gasteiger partial charge on any atom is 0.254 e. The molecule has 0 bridgehead atoms. The molecule has 0 aliphatic carbocycles. The molecule has 0 aliphatic heterocycles. The quantitative estimate of drug-likeness (QED) is 0.913. The monoisotopic (exact) mass is 255 g/mol. The van der Waals surface area contributed by atoms with Gasteiger partial charge >= 0.3 is 0 Å². The molecule has 0 saturated heterocycles. The van der Waals surface area contributed by atoms with Crippen LogP contribution in [0, 0.1) is 11.3 Å². The standard InChI is InChI=1S/C15H17N3O/c1-11(2)18(9-3-7-16)15(19)13-4-5-14-12(10-13)6-8-17-14/h4-6,8,10-11,17H,3,9H2,1-2H3. The van der Waals surface area contributed by atoms with Crippen molar-refractivity contribution in [3.05, 3.63) is 36.0 Å². The molecule has 2 rings (SSSR count). The predicted octanol–water partition coefficient (Wildman–Crippen LogP) is 2.93. The number of H-pyrrole nitrogens is 1. The summed E-state index contributed by atoms with van der Waals surface area (Å²) in [5.41, 5.74) is 1.68. The molecular weight excluding hydrogens is 238 g/mol. The Morgan fingerprint density at radius 2 is 2.21 bits per heavy atom. The Hall–Kier alpha value is -2.28. The summed E-state index contributed by atoms with van der Waals surface area (Å²) in [4.78, 5) is 17.3. The zero-order valence-corrected chi connectivity index (χ0v) is 11.2. The Morgan fingerprint density at radius 3 is 2.89 bits per heavy atom. The van der Waals surface area contributed by atoms with Gasteiger partial charge in [-0.25, -0.2) is 0 Å². The van der Waals surface area contributed by atoms with Gasteiger partial charge in [0.2, 0.25) is 0 Å². The first-order valence-electron chi connectivity index (χ1n) is 6.38. The number of carbonyl (C=O) groups excluding carboxylic acids is 1. The zero-order chi connectivity index (χ0) is 13.8. The minimum Gasteiger partial charge on any atom is -0.361 e. The maximum atomic E-state index is 12.5. The molecule has 0 fully saturated rings.